The second-order valence-corrected chi connectivity index (χ2v) is 7.03. The van der Waals surface area contributed by atoms with Crippen LogP contribution in [0.15, 0.2) is 65.1 Å². The van der Waals surface area contributed by atoms with Gasteiger partial charge in [0.1, 0.15) is 10.7 Å². The third-order valence-electron chi connectivity index (χ3n) is 3.40. The number of rotatable bonds is 4. The van der Waals surface area contributed by atoms with Crippen LogP contribution in [0.25, 0.3) is 0 Å². The van der Waals surface area contributed by atoms with Gasteiger partial charge < -0.3 is 14.7 Å². The fourth-order valence-corrected chi connectivity index (χ4v) is 3.28. The largest absolute Gasteiger partial charge is 0.460 e. The molecule has 0 aliphatic carbocycles. The van der Waals surface area contributed by atoms with Gasteiger partial charge in [-0.1, -0.05) is 35.9 Å². The average molecular weight is 384 g/mol. The van der Waals surface area contributed by atoms with Gasteiger partial charge in [0.05, 0.1) is 5.02 Å². The number of ketones is 1. The lowest BCUT2D eigenvalue weighted by atomic mass is 10.1. The van der Waals surface area contributed by atoms with Gasteiger partial charge in [-0.25, -0.2) is 4.39 Å². The smallest absolute Gasteiger partial charge is 0.339 e. The number of ether oxygens (including phenoxy) is 1. The number of Topliss-reactive ketones (excluding diaryl/α,β-unsaturated/α-hetero) is 1. The van der Waals surface area contributed by atoms with E-state index in [4.69, 9.17) is 26.3 Å². The Morgan fingerprint density at radius 1 is 1.16 bits per heavy atom. The maximum absolute atomic E-state index is 13.6. The molecule has 1 atom stereocenters. The first-order valence-electron chi connectivity index (χ1n) is 6.94. The molecular weight excluding hydrogens is 373 g/mol. The Labute approximate surface area is 147 Å². The third kappa shape index (κ3) is 3.31. The van der Waals surface area contributed by atoms with Crippen LogP contribution in [0.3, 0.4) is 0 Å². The van der Waals surface area contributed by atoms with Crippen molar-refractivity contribution in [3.8, 4) is 0 Å². The van der Waals surface area contributed by atoms with Gasteiger partial charge >= 0.3 is 10.1 Å². The van der Waals surface area contributed by atoms with Gasteiger partial charge in [-0.2, -0.15) is 8.42 Å². The van der Waals surface area contributed by atoms with Crippen molar-refractivity contribution in [1.29, 1.82) is 0 Å². The van der Waals surface area contributed by atoms with Crippen molar-refractivity contribution in [2.45, 2.75) is 11.0 Å². The number of hydrogen-bond acceptors (Lipinski definition) is 6. The standard InChI is InChI=1S/C16H11ClFNO5S/c17-11-7-6-9(8-12(11)18)14-13(20)15(16(19)23-14)24-25(21,22)10-4-2-1-3-5-10/h1-8,14H,19H2. The average Bonchev–Trinajstić information content (AvgIpc) is 2.86. The lowest BCUT2D eigenvalue weighted by molar-refractivity contribution is -0.123. The topological polar surface area (TPSA) is 95.7 Å². The van der Waals surface area contributed by atoms with E-state index < -0.39 is 39.5 Å². The van der Waals surface area contributed by atoms with Crippen LogP contribution < -0.4 is 5.73 Å². The van der Waals surface area contributed by atoms with Gasteiger partial charge in [0.25, 0.3) is 0 Å². The summed E-state index contributed by atoms with van der Waals surface area (Å²) in [5.41, 5.74) is 5.71. The highest BCUT2D eigenvalue weighted by Gasteiger charge is 2.40. The van der Waals surface area contributed by atoms with Crippen LogP contribution in [0.1, 0.15) is 11.7 Å². The highest BCUT2D eigenvalue weighted by molar-refractivity contribution is 7.86. The van der Waals surface area contributed by atoms with E-state index >= 15 is 0 Å². The summed E-state index contributed by atoms with van der Waals surface area (Å²) in [5.74, 6) is -2.73. The van der Waals surface area contributed by atoms with Crippen LogP contribution >= 0.6 is 11.6 Å². The number of halogens is 2. The number of hydrogen-bond donors (Lipinski definition) is 1. The van der Waals surface area contributed by atoms with Gasteiger partial charge in [0.15, 0.2) is 6.10 Å². The van der Waals surface area contributed by atoms with E-state index in [0.29, 0.717) is 0 Å². The normalized spacial score (nSPS) is 17.5. The fraction of sp³-hybridized carbons (Fsp3) is 0.0625. The summed E-state index contributed by atoms with van der Waals surface area (Å²) in [6.07, 6.45) is -1.31. The summed E-state index contributed by atoms with van der Waals surface area (Å²) in [6.45, 7) is 0. The van der Waals surface area contributed by atoms with Crippen LogP contribution in [-0.2, 0) is 23.8 Å². The molecule has 3 rings (SSSR count). The zero-order valence-electron chi connectivity index (χ0n) is 12.5. The Morgan fingerprint density at radius 3 is 2.48 bits per heavy atom. The molecule has 1 unspecified atom stereocenters. The van der Waals surface area contributed by atoms with Crippen LogP contribution in [0, 0.1) is 5.82 Å². The van der Waals surface area contributed by atoms with Crippen LogP contribution in [-0.4, -0.2) is 14.2 Å². The van der Waals surface area contributed by atoms with Gasteiger partial charge in [0, 0.05) is 5.56 Å². The summed E-state index contributed by atoms with van der Waals surface area (Å²) in [7, 11) is -4.26. The fourth-order valence-electron chi connectivity index (χ4n) is 2.20. The van der Waals surface area contributed by atoms with E-state index in [-0.39, 0.29) is 15.5 Å². The number of carbonyl (C=O) groups excluding carboxylic acids is 1. The molecule has 2 aromatic carbocycles. The quantitative estimate of drug-likeness (QED) is 0.815. The van der Waals surface area contributed by atoms with Crippen molar-refractivity contribution in [3.05, 3.63) is 76.6 Å². The lowest BCUT2D eigenvalue weighted by Crippen LogP contribution is -2.15. The first kappa shape index (κ1) is 17.2. The van der Waals surface area contributed by atoms with Crippen molar-refractivity contribution in [2.75, 3.05) is 0 Å². The molecule has 1 aliphatic heterocycles. The zero-order chi connectivity index (χ0) is 18.2. The van der Waals surface area contributed by atoms with Gasteiger partial charge in [-0.05, 0) is 24.3 Å². The van der Waals surface area contributed by atoms with Crippen molar-refractivity contribution >= 4 is 27.5 Å². The summed E-state index contributed by atoms with van der Waals surface area (Å²) in [4.78, 5) is 12.3. The molecule has 0 radical (unpaired) electrons. The van der Waals surface area contributed by atoms with Crippen LogP contribution in [0.4, 0.5) is 4.39 Å². The molecule has 1 aliphatic rings. The number of benzene rings is 2. The molecule has 0 amide bonds. The minimum absolute atomic E-state index is 0.127. The molecule has 0 spiro atoms. The molecule has 2 N–H and O–H groups in total. The van der Waals surface area contributed by atoms with E-state index in [1.165, 1.54) is 36.4 Å². The van der Waals surface area contributed by atoms with Gasteiger partial charge in [-0.3, -0.25) is 4.79 Å². The van der Waals surface area contributed by atoms with Gasteiger partial charge in [0.2, 0.25) is 17.4 Å². The summed E-state index contributed by atoms with van der Waals surface area (Å²) >= 11 is 5.60. The van der Waals surface area contributed by atoms with E-state index in [0.717, 1.165) is 6.07 Å². The highest BCUT2D eigenvalue weighted by Crippen LogP contribution is 2.34. The Morgan fingerprint density at radius 2 is 1.84 bits per heavy atom. The molecule has 9 heteroatoms. The lowest BCUT2D eigenvalue weighted by Gasteiger charge is -2.10. The third-order valence-corrected chi connectivity index (χ3v) is 4.94. The first-order chi connectivity index (χ1) is 11.8. The van der Waals surface area contributed by atoms with E-state index in [1.807, 2.05) is 0 Å². The molecule has 2 aromatic rings. The van der Waals surface area contributed by atoms with Crippen molar-refractivity contribution < 1.29 is 26.5 Å². The molecule has 0 fully saturated rings. The van der Waals surface area contributed by atoms with E-state index in [9.17, 15) is 17.6 Å². The second-order valence-electron chi connectivity index (χ2n) is 5.08. The van der Waals surface area contributed by atoms with E-state index in [2.05, 4.69) is 0 Å². The Hall–Kier alpha value is -2.58. The molecule has 6 nitrogen and oxygen atoms in total. The predicted octanol–water partition coefficient (Wildman–Crippen LogP) is 2.65. The monoisotopic (exact) mass is 383 g/mol. The summed E-state index contributed by atoms with van der Waals surface area (Å²) < 4.78 is 48.0. The van der Waals surface area contributed by atoms with E-state index in [1.54, 1.807) is 6.07 Å². The minimum Gasteiger partial charge on any atom is -0.460 e. The molecule has 0 bridgehead atoms. The second kappa shape index (κ2) is 6.38. The molecule has 0 aromatic heterocycles. The van der Waals surface area contributed by atoms with Crippen LogP contribution in [0.5, 0.6) is 0 Å². The Kier molecular flexibility index (Phi) is 4.40. The minimum atomic E-state index is -4.26. The molecule has 25 heavy (non-hydrogen) atoms. The van der Waals surface area contributed by atoms with Crippen molar-refractivity contribution in [2.24, 2.45) is 5.73 Å². The Bertz CT molecular complexity index is 975. The molecule has 0 saturated carbocycles. The molecule has 0 saturated heterocycles. The Balaban J connectivity index is 1.87. The zero-order valence-corrected chi connectivity index (χ0v) is 14.1. The van der Waals surface area contributed by atoms with Gasteiger partial charge in [-0.15, -0.1) is 0 Å². The number of nitrogens with two attached hydrogens (primary N) is 1. The highest BCUT2D eigenvalue weighted by atomic mass is 35.5. The SMILES string of the molecule is NC1=C(OS(=O)(=O)c2ccccc2)C(=O)C(c2ccc(Cl)c(F)c2)O1. The maximum Gasteiger partial charge on any atom is 0.339 e. The first-order valence-corrected chi connectivity index (χ1v) is 8.73. The summed E-state index contributed by atoms with van der Waals surface area (Å²) in [5, 5.41) is -0.127. The van der Waals surface area contributed by atoms with Crippen molar-refractivity contribution in [1.82, 2.24) is 0 Å². The molecule has 130 valence electrons. The molecular formula is C16H11ClFNO5S. The summed E-state index contributed by atoms with van der Waals surface area (Å²) in [6, 6.07) is 10.9. The van der Waals surface area contributed by atoms with Crippen LogP contribution in [0.2, 0.25) is 5.02 Å². The molecule has 1 heterocycles. The van der Waals surface area contributed by atoms with Crippen molar-refractivity contribution in [3.63, 3.8) is 0 Å². The predicted molar refractivity (Wildman–Crippen MR) is 86.2 cm³/mol. The maximum atomic E-state index is 13.6. The number of carbonyl (C=O) groups is 1.